The molecule has 0 saturated heterocycles. The monoisotopic (exact) mass is 311 g/mol. The summed E-state index contributed by atoms with van der Waals surface area (Å²) in [5, 5.41) is 1.10. The topological polar surface area (TPSA) is 44.5 Å². The van der Waals surface area contributed by atoms with E-state index in [2.05, 4.69) is 0 Å². The molecule has 0 aliphatic rings. The summed E-state index contributed by atoms with van der Waals surface area (Å²) in [6.07, 6.45) is 0. The summed E-state index contributed by atoms with van der Waals surface area (Å²) in [7, 11) is 0. The number of hydrogen-bond acceptors (Lipinski definition) is 3. The number of nitrogens with two attached hydrogens (primary N) is 1. The molecule has 5 heteroatoms. The fourth-order valence-electron chi connectivity index (χ4n) is 1.66. The summed E-state index contributed by atoms with van der Waals surface area (Å²) in [5.41, 5.74) is 7.52. The van der Waals surface area contributed by atoms with Crippen molar-refractivity contribution in [2.24, 2.45) is 0 Å². The van der Waals surface area contributed by atoms with E-state index in [0.717, 1.165) is 5.56 Å². The molecule has 0 saturated carbocycles. The summed E-state index contributed by atoms with van der Waals surface area (Å²) < 4.78 is 11.1. The van der Waals surface area contributed by atoms with Crippen LogP contribution in [-0.4, -0.2) is 13.2 Å². The summed E-state index contributed by atoms with van der Waals surface area (Å²) in [6, 6.07) is 10.7. The first-order chi connectivity index (χ1) is 9.56. The van der Waals surface area contributed by atoms with Crippen molar-refractivity contribution in [1.82, 2.24) is 0 Å². The number of halogens is 2. The Morgan fingerprint density at radius 1 is 0.950 bits per heavy atom. The van der Waals surface area contributed by atoms with Crippen molar-refractivity contribution >= 4 is 28.9 Å². The summed E-state index contributed by atoms with van der Waals surface area (Å²) in [5.74, 6) is 1.20. The fourth-order valence-corrected chi connectivity index (χ4v) is 1.99. The van der Waals surface area contributed by atoms with E-state index < -0.39 is 0 Å². The number of nitrogen functional groups attached to an aromatic ring is 1. The third kappa shape index (κ3) is 3.95. The van der Waals surface area contributed by atoms with Gasteiger partial charge >= 0.3 is 0 Å². The zero-order valence-electron chi connectivity index (χ0n) is 11.0. The van der Waals surface area contributed by atoms with Crippen LogP contribution in [0.25, 0.3) is 0 Å². The van der Waals surface area contributed by atoms with Crippen molar-refractivity contribution in [2.45, 2.75) is 6.92 Å². The van der Waals surface area contributed by atoms with E-state index in [1.807, 2.05) is 25.1 Å². The van der Waals surface area contributed by atoms with Crippen molar-refractivity contribution < 1.29 is 9.47 Å². The predicted molar refractivity (Wildman–Crippen MR) is 83.0 cm³/mol. The highest BCUT2D eigenvalue weighted by Crippen LogP contribution is 2.27. The first kappa shape index (κ1) is 14.8. The van der Waals surface area contributed by atoms with Crippen LogP contribution in [0.1, 0.15) is 5.56 Å². The number of aryl methyl sites for hydroxylation is 1. The highest BCUT2D eigenvalue weighted by Gasteiger charge is 2.04. The molecule has 0 heterocycles. The molecule has 0 unspecified atom stereocenters. The molecular weight excluding hydrogens is 297 g/mol. The van der Waals surface area contributed by atoms with Gasteiger partial charge in [0.05, 0.1) is 10.7 Å². The lowest BCUT2D eigenvalue weighted by atomic mass is 10.2. The number of rotatable bonds is 5. The lowest BCUT2D eigenvalue weighted by Crippen LogP contribution is -2.10. The average molecular weight is 312 g/mol. The highest BCUT2D eigenvalue weighted by atomic mass is 35.5. The molecule has 0 atom stereocenters. The maximum Gasteiger partial charge on any atom is 0.142 e. The van der Waals surface area contributed by atoms with Gasteiger partial charge in [-0.2, -0.15) is 0 Å². The standard InChI is InChI=1S/C15H15Cl2NO2/c1-10-2-5-13(18)15(8-10)20-7-6-19-14-9-11(16)3-4-12(14)17/h2-5,8-9H,6-7,18H2,1H3. The van der Waals surface area contributed by atoms with Crippen molar-refractivity contribution in [3.63, 3.8) is 0 Å². The van der Waals surface area contributed by atoms with Crippen molar-refractivity contribution in [3.8, 4) is 11.5 Å². The molecule has 20 heavy (non-hydrogen) atoms. The first-order valence-corrected chi connectivity index (χ1v) is 6.88. The fraction of sp³-hybridized carbons (Fsp3) is 0.200. The third-order valence-corrected chi connectivity index (χ3v) is 3.21. The highest BCUT2D eigenvalue weighted by molar-refractivity contribution is 6.34. The van der Waals surface area contributed by atoms with Gasteiger partial charge < -0.3 is 15.2 Å². The molecule has 0 aromatic heterocycles. The van der Waals surface area contributed by atoms with E-state index in [0.29, 0.717) is 40.4 Å². The lowest BCUT2D eigenvalue weighted by molar-refractivity contribution is 0.218. The van der Waals surface area contributed by atoms with Gasteiger partial charge in [0.2, 0.25) is 0 Å². The summed E-state index contributed by atoms with van der Waals surface area (Å²) in [6.45, 7) is 2.71. The van der Waals surface area contributed by atoms with Gasteiger partial charge in [-0.25, -0.2) is 0 Å². The van der Waals surface area contributed by atoms with Crippen LogP contribution in [-0.2, 0) is 0 Å². The van der Waals surface area contributed by atoms with E-state index >= 15 is 0 Å². The molecule has 0 aliphatic heterocycles. The third-order valence-electron chi connectivity index (χ3n) is 2.66. The molecule has 0 bridgehead atoms. The second-order valence-electron chi connectivity index (χ2n) is 4.31. The van der Waals surface area contributed by atoms with Crippen molar-refractivity contribution in [3.05, 3.63) is 52.0 Å². The van der Waals surface area contributed by atoms with Gasteiger partial charge in [-0.3, -0.25) is 0 Å². The molecule has 0 radical (unpaired) electrons. The molecule has 3 nitrogen and oxygen atoms in total. The molecule has 0 spiro atoms. The Morgan fingerprint density at radius 2 is 1.65 bits per heavy atom. The van der Waals surface area contributed by atoms with E-state index in [-0.39, 0.29) is 0 Å². The van der Waals surface area contributed by atoms with Crippen LogP contribution in [0.2, 0.25) is 10.0 Å². The number of benzene rings is 2. The van der Waals surface area contributed by atoms with Gasteiger partial charge in [-0.05, 0) is 36.8 Å². The minimum absolute atomic E-state index is 0.355. The Morgan fingerprint density at radius 3 is 2.40 bits per heavy atom. The van der Waals surface area contributed by atoms with Gasteiger partial charge in [0.25, 0.3) is 0 Å². The van der Waals surface area contributed by atoms with Gasteiger partial charge in [0, 0.05) is 11.1 Å². The van der Waals surface area contributed by atoms with E-state index in [9.17, 15) is 0 Å². The smallest absolute Gasteiger partial charge is 0.142 e. The summed E-state index contributed by atoms with van der Waals surface area (Å²) in [4.78, 5) is 0. The zero-order chi connectivity index (χ0) is 14.5. The van der Waals surface area contributed by atoms with Crippen molar-refractivity contribution in [1.29, 1.82) is 0 Å². The quantitative estimate of drug-likeness (QED) is 0.660. The lowest BCUT2D eigenvalue weighted by Gasteiger charge is -2.11. The second kappa shape index (κ2) is 6.73. The van der Waals surface area contributed by atoms with Crippen LogP contribution >= 0.6 is 23.2 Å². The van der Waals surface area contributed by atoms with E-state index in [1.54, 1.807) is 18.2 Å². The summed E-state index contributed by atoms with van der Waals surface area (Å²) >= 11 is 11.9. The minimum atomic E-state index is 0.355. The van der Waals surface area contributed by atoms with Gasteiger partial charge in [0.15, 0.2) is 0 Å². The molecule has 2 aromatic rings. The normalized spacial score (nSPS) is 10.3. The zero-order valence-corrected chi connectivity index (χ0v) is 12.5. The van der Waals surface area contributed by atoms with E-state index in [1.165, 1.54) is 0 Å². The van der Waals surface area contributed by atoms with Crippen LogP contribution in [0.3, 0.4) is 0 Å². The van der Waals surface area contributed by atoms with Gasteiger partial charge in [-0.15, -0.1) is 0 Å². The number of hydrogen-bond donors (Lipinski definition) is 1. The first-order valence-electron chi connectivity index (χ1n) is 6.13. The van der Waals surface area contributed by atoms with E-state index in [4.69, 9.17) is 38.4 Å². The maximum absolute atomic E-state index is 5.99. The minimum Gasteiger partial charge on any atom is -0.488 e. The Hall–Kier alpha value is -1.58. The molecule has 2 aromatic carbocycles. The molecule has 0 fully saturated rings. The van der Waals surface area contributed by atoms with Crippen LogP contribution < -0.4 is 15.2 Å². The van der Waals surface area contributed by atoms with Gasteiger partial charge in [-0.1, -0.05) is 29.3 Å². The van der Waals surface area contributed by atoms with Crippen LogP contribution in [0.5, 0.6) is 11.5 Å². The molecule has 106 valence electrons. The molecule has 2 rings (SSSR count). The van der Waals surface area contributed by atoms with Crippen LogP contribution in [0.15, 0.2) is 36.4 Å². The number of ether oxygens (including phenoxy) is 2. The Labute approximate surface area is 128 Å². The second-order valence-corrected chi connectivity index (χ2v) is 5.16. The molecule has 0 aliphatic carbocycles. The van der Waals surface area contributed by atoms with Crippen LogP contribution in [0.4, 0.5) is 5.69 Å². The molecular formula is C15H15Cl2NO2. The average Bonchev–Trinajstić information content (AvgIpc) is 2.42. The Bertz CT molecular complexity index is 549. The SMILES string of the molecule is Cc1ccc(N)c(OCCOc2cc(Cl)ccc2Cl)c1. The van der Waals surface area contributed by atoms with Gasteiger partial charge in [0.1, 0.15) is 24.7 Å². The van der Waals surface area contributed by atoms with Crippen LogP contribution in [0, 0.1) is 6.92 Å². The molecule has 2 N–H and O–H groups in total. The number of anilines is 1. The predicted octanol–water partition coefficient (Wildman–Crippen LogP) is 4.34. The largest absolute Gasteiger partial charge is 0.488 e. The molecule has 0 amide bonds. The Kier molecular flexibility index (Phi) is 4.99. The Balaban J connectivity index is 1.87. The van der Waals surface area contributed by atoms with Crippen molar-refractivity contribution in [2.75, 3.05) is 18.9 Å². The maximum atomic E-state index is 5.99.